The number of allylic oxidation sites excluding steroid dienone is 10. The van der Waals surface area contributed by atoms with Gasteiger partial charge in [-0.05, 0) is 51.4 Å². The molecule has 11 heteroatoms. The zero-order valence-electron chi connectivity index (χ0n) is 31.5. The Labute approximate surface area is 308 Å². The highest BCUT2D eigenvalue weighted by Crippen LogP contribution is 2.43. The molecule has 0 aliphatic carbocycles. The number of ether oxygens (including phenoxy) is 2. The fourth-order valence-corrected chi connectivity index (χ4v) is 5.54. The second kappa shape index (κ2) is 36.0. The number of rotatable bonds is 35. The van der Waals surface area contributed by atoms with Gasteiger partial charge in [-0.1, -0.05) is 139 Å². The van der Waals surface area contributed by atoms with Gasteiger partial charge in [0.2, 0.25) is 0 Å². The molecule has 0 aromatic heterocycles. The molecule has 0 radical (unpaired) electrons. The predicted octanol–water partition coefficient (Wildman–Crippen LogP) is 9.55. The van der Waals surface area contributed by atoms with Crippen LogP contribution in [0, 0.1) is 0 Å². The third-order valence-electron chi connectivity index (χ3n) is 7.73. The van der Waals surface area contributed by atoms with E-state index in [1.807, 2.05) is 24.3 Å². The number of hydrogen-bond acceptors (Lipinski definition) is 9. The van der Waals surface area contributed by atoms with E-state index in [4.69, 9.17) is 19.1 Å². The zero-order valence-corrected chi connectivity index (χ0v) is 32.4. The van der Waals surface area contributed by atoms with Gasteiger partial charge in [-0.25, -0.2) is 4.57 Å². The molecule has 0 saturated carbocycles. The molecule has 0 bridgehead atoms. The molecule has 10 nitrogen and oxygen atoms in total. The number of carbonyl (C=O) groups excluding carboxylic acids is 2. The number of aliphatic hydroxyl groups is 2. The molecule has 0 aliphatic rings. The highest BCUT2D eigenvalue weighted by Gasteiger charge is 2.27. The van der Waals surface area contributed by atoms with Crippen LogP contribution >= 0.6 is 7.82 Å². The lowest BCUT2D eigenvalue weighted by Gasteiger charge is -2.20. The summed E-state index contributed by atoms with van der Waals surface area (Å²) in [7, 11) is -4.63. The Bertz CT molecular complexity index is 1040. The fourth-order valence-electron chi connectivity index (χ4n) is 4.75. The Balaban J connectivity index is 4.46. The van der Waals surface area contributed by atoms with Crippen molar-refractivity contribution in [3.8, 4) is 0 Å². The summed E-state index contributed by atoms with van der Waals surface area (Å²) in [5.74, 6) is -1.02. The highest BCUT2D eigenvalue weighted by molar-refractivity contribution is 7.47. The number of hydrogen-bond donors (Lipinski definition) is 3. The number of carbonyl (C=O) groups is 2. The van der Waals surface area contributed by atoms with Crippen molar-refractivity contribution < 1.29 is 47.8 Å². The maximum absolute atomic E-state index is 12.5. The molecule has 0 heterocycles. The fraction of sp³-hybridized carbons (Fsp3) is 0.700. The first-order chi connectivity index (χ1) is 24.7. The van der Waals surface area contributed by atoms with Crippen molar-refractivity contribution in [2.45, 2.75) is 154 Å². The van der Waals surface area contributed by atoms with Crippen molar-refractivity contribution in [3.05, 3.63) is 60.8 Å². The molecule has 0 fully saturated rings. The van der Waals surface area contributed by atoms with Gasteiger partial charge in [0.05, 0.1) is 19.8 Å². The van der Waals surface area contributed by atoms with Gasteiger partial charge in [-0.15, -0.1) is 0 Å². The Morgan fingerprint density at radius 3 is 1.84 bits per heavy atom. The maximum atomic E-state index is 12.5. The van der Waals surface area contributed by atoms with Gasteiger partial charge in [0.25, 0.3) is 0 Å². The van der Waals surface area contributed by atoms with Crippen LogP contribution in [0.2, 0.25) is 0 Å². The Morgan fingerprint density at radius 1 is 0.627 bits per heavy atom. The van der Waals surface area contributed by atoms with E-state index in [1.165, 1.54) is 44.9 Å². The third-order valence-corrected chi connectivity index (χ3v) is 8.68. The van der Waals surface area contributed by atoms with Crippen molar-refractivity contribution >= 4 is 19.8 Å². The minimum Gasteiger partial charge on any atom is -0.462 e. The van der Waals surface area contributed by atoms with Crippen LogP contribution in [0.3, 0.4) is 0 Å². The Kier molecular flexibility index (Phi) is 34.4. The highest BCUT2D eigenvalue weighted by atomic mass is 31.2. The van der Waals surface area contributed by atoms with E-state index in [2.05, 4.69) is 54.8 Å². The second-order valence-corrected chi connectivity index (χ2v) is 14.1. The summed E-state index contributed by atoms with van der Waals surface area (Å²) in [5, 5.41) is 18.3. The molecule has 0 rings (SSSR count). The lowest BCUT2D eigenvalue weighted by Crippen LogP contribution is -2.29. The van der Waals surface area contributed by atoms with E-state index in [-0.39, 0.29) is 19.4 Å². The van der Waals surface area contributed by atoms with Crippen LogP contribution in [-0.4, -0.2) is 65.7 Å². The first kappa shape index (κ1) is 48.7. The monoisotopic (exact) mass is 740 g/mol. The van der Waals surface area contributed by atoms with Crippen molar-refractivity contribution in [2.75, 3.05) is 26.4 Å². The van der Waals surface area contributed by atoms with Crippen molar-refractivity contribution in [3.63, 3.8) is 0 Å². The molecule has 51 heavy (non-hydrogen) atoms. The molecule has 0 amide bonds. The average Bonchev–Trinajstić information content (AvgIpc) is 3.12. The Morgan fingerprint density at radius 2 is 1.20 bits per heavy atom. The minimum absolute atomic E-state index is 0.0728. The molecule has 3 atom stereocenters. The number of unbranched alkanes of at least 4 members (excludes halogenated alkanes) is 13. The molecule has 0 saturated heterocycles. The standard InChI is InChI=1S/C40H69O10P/c1-3-5-7-9-11-13-15-17-18-20-21-23-25-27-29-31-39(43)47-35-38(36-49-51(45,46)48-34-37(42)33-41)50-40(44)32-30-28-26-24-22-19-16-14-12-10-8-6-4-2/h5,7,9,11,13,15,19,22,26,28,37-38,41-42H,3-4,6,8,10,12,14,16-18,20-21,23-25,27,29-36H2,1-2H3,(H,45,46)/b7-5+,11-9+,15-13+,22-19+,28-26+/t37-,38?/m0/s1. The van der Waals surface area contributed by atoms with Crippen molar-refractivity contribution in [1.29, 1.82) is 0 Å². The summed E-state index contributed by atoms with van der Waals surface area (Å²) in [6.45, 7) is 2.13. The minimum atomic E-state index is -4.63. The van der Waals surface area contributed by atoms with Crippen LogP contribution in [0.1, 0.15) is 142 Å². The molecule has 294 valence electrons. The summed E-state index contributed by atoms with van der Waals surface area (Å²) >= 11 is 0. The lowest BCUT2D eigenvalue weighted by molar-refractivity contribution is -0.161. The number of phosphoric ester groups is 1. The average molecular weight is 741 g/mol. The molecule has 0 aromatic carbocycles. The van der Waals surface area contributed by atoms with Gasteiger partial charge in [-0.2, -0.15) is 0 Å². The van der Waals surface area contributed by atoms with Gasteiger partial charge < -0.3 is 24.6 Å². The van der Waals surface area contributed by atoms with Crippen LogP contribution in [0.25, 0.3) is 0 Å². The molecule has 0 spiro atoms. The van der Waals surface area contributed by atoms with E-state index in [0.717, 1.165) is 57.8 Å². The largest absolute Gasteiger partial charge is 0.472 e. The summed E-state index contributed by atoms with van der Waals surface area (Å²) in [4.78, 5) is 34.8. The normalized spacial score (nSPS) is 14.7. The van der Waals surface area contributed by atoms with E-state index < -0.39 is 51.8 Å². The van der Waals surface area contributed by atoms with Crippen LogP contribution in [0.5, 0.6) is 0 Å². The van der Waals surface area contributed by atoms with Crippen LogP contribution in [-0.2, 0) is 32.7 Å². The van der Waals surface area contributed by atoms with Crippen LogP contribution in [0.4, 0.5) is 0 Å². The van der Waals surface area contributed by atoms with Gasteiger partial charge in [0, 0.05) is 12.8 Å². The molecular formula is C40H69O10P. The second-order valence-electron chi connectivity index (χ2n) is 12.6. The van der Waals surface area contributed by atoms with Gasteiger partial charge in [0.1, 0.15) is 12.7 Å². The third kappa shape index (κ3) is 35.8. The van der Waals surface area contributed by atoms with E-state index >= 15 is 0 Å². The predicted molar refractivity (Wildman–Crippen MR) is 205 cm³/mol. The van der Waals surface area contributed by atoms with E-state index in [0.29, 0.717) is 12.8 Å². The number of phosphoric acid groups is 1. The summed E-state index contributed by atoms with van der Waals surface area (Å²) < 4.78 is 32.5. The van der Waals surface area contributed by atoms with Gasteiger partial charge in [0.15, 0.2) is 6.10 Å². The summed E-state index contributed by atoms with van der Waals surface area (Å²) in [6.07, 6.45) is 37.8. The zero-order chi connectivity index (χ0) is 37.7. The smallest absolute Gasteiger partial charge is 0.462 e. The van der Waals surface area contributed by atoms with Gasteiger partial charge in [-0.3, -0.25) is 18.6 Å². The molecular weight excluding hydrogens is 671 g/mol. The molecule has 0 aliphatic heterocycles. The number of aliphatic hydroxyl groups excluding tert-OH is 2. The van der Waals surface area contributed by atoms with Crippen molar-refractivity contribution in [1.82, 2.24) is 0 Å². The SMILES string of the molecule is CC/C=C/C=C/C=C/CCCCCCCCCC(=O)OCC(COP(=O)(O)OC[C@@H](O)CO)OC(=O)CC/C=C/C/C=C/CCCCCCCC. The first-order valence-electron chi connectivity index (χ1n) is 19.3. The molecule has 0 aromatic rings. The quantitative estimate of drug-likeness (QED) is 0.0189. The molecule has 2 unspecified atom stereocenters. The summed E-state index contributed by atoms with van der Waals surface area (Å²) in [6, 6.07) is 0. The van der Waals surface area contributed by atoms with E-state index in [1.54, 1.807) is 0 Å². The van der Waals surface area contributed by atoms with Crippen LogP contribution < -0.4 is 0 Å². The van der Waals surface area contributed by atoms with Crippen molar-refractivity contribution in [2.24, 2.45) is 0 Å². The topological polar surface area (TPSA) is 149 Å². The summed E-state index contributed by atoms with van der Waals surface area (Å²) in [5.41, 5.74) is 0. The van der Waals surface area contributed by atoms with Crippen LogP contribution in [0.15, 0.2) is 60.8 Å². The Hall–Kier alpha value is -2.33. The molecule has 3 N–H and O–H groups in total. The lowest BCUT2D eigenvalue weighted by atomic mass is 10.1. The van der Waals surface area contributed by atoms with E-state index in [9.17, 15) is 24.2 Å². The maximum Gasteiger partial charge on any atom is 0.472 e. The van der Waals surface area contributed by atoms with Gasteiger partial charge >= 0.3 is 19.8 Å². The number of esters is 2. The first-order valence-corrected chi connectivity index (χ1v) is 20.8.